The lowest BCUT2D eigenvalue weighted by molar-refractivity contribution is 0.824. The fraction of sp³-hybridized carbons (Fsp3) is 0.273. The Kier molecular flexibility index (Phi) is 3.46. The van der Waals surface area contributed by atoms with Gasteiger partial charge >= 0.3 is 0 Å². The summed E-state index contributed by atoms with van der Waals surface area (Å²) in [5, 5.41) is 8.68. The number of benzene rings is 1. The normalized spacial score (nSPS) is 10.6. The highest BCUT2D eigenvalue weighted by Gasteiger charge is 2.05. The summed E-state index contributed by atoms with van der Waals surface area (Å²) in [4.78, 5) is 0. The van der Waals surface area contributed by atoms with Crippen molar-refractivity contribution in [1.82, 2.24) is 14.9 Å². The molecule has 0 amide bonds. The summed E-state index contributed by atoms with van der Waals surface area (Å²) < 4.78 is 1.52. The van der Waals surface area contributed by atoms with E-state index in [1.165, 1.54) is 10.2 Å². The number of thioether (sulfide) groups is 1. The summed E-state index contributed by atoms with van der Waals surface area (Å²) in [5.41, 5.74) is 1.33. The summed E-state index contributed by atoms with van der Waals surface area (Å²) in [6.07, 6.45) is 1.01. The van der Waals surface area contributed by atoms with Crippen LogP contribution in [0.25, 0.3) is 0 Å². The van der Waals surface area contributed by atoms with Crippen molar-refractivity contribution in [2.24, 2.45) is 0 Å². The first-order chi connectivity index (χ1) is 7.77. The molecule has 0 bridgehead atoms. The molecular formula is C11H14N4S. The Morgan fingerprint density at radius 3 is 2.62 bits per heavy atom. The zero-order valence-electron chi connectivity index (χ0n) is 9.13. The Labute approximate surface area is 98.8 Å². The van der Waals surface area contributed by atoms with Crippen LogP contribution in [0.1, 0.15) is 11.4 Å². The average Bonchev–Trinajstić information content (AvgIpc) is 2.62. The van der Waals surface area contributed by atoms with E-state index in [0.717, 1.165) is 23.2 Å². The first-order valence-corrected chi connectivity index (χ1v) is 6.10. The monoisotopic (exact) mass is 234 g/mol. The van der Waals surface area contributed by atoms with Crippen LogP contribution in [0, 0.1) is 6.92 Å². The smallest absolute Gasteiger partial charge is 0.209 e. The Balaban J connectivity index is 1.87. The van der Waals surface area contributed by atoms with Crippen LogP contribution < -0.4 is 5.84 Å². The maximum atomic E-state index is 5.75. The summed E-state index contributed by atoms with van der Waals surface area (Å²) in [5.74, 6) is 7.45. The topological polar surface area (TPSA) is 56.7 Å². The molecule has 84 valence electrons. The molecule has 0 saturated carbocycles. The molecule has 0 radical (unpaired) electrons. The number of hydrogen-bond acceptors (Lipinski definition) is 4. The molecule has 4 nitrogen and oxygen atoms in total. The molecule has 0 aliphatic rings. The van der Waals surface area contributed by atoms with Gasteiger partial charge in [0.25, 0.3) is 0 Å². The summed E-state index contributed by atoms with van der Waals surface area (Å²) >= 11 is 1.63. The van der Waals surface area contributed by atoms with Gasteiger partial charge in [0.15, 0.2) is 0 Å². The quantitative estimate of drug-likeness (QED) is 0.645. The van der Waals surface area contributed by atoms with Crippen molar-refractivity contribution < 1.29 is 0 Å². The second kappa shape index (κ2) is 5.03. The van der Waals surface area contributed by atoms with Gasteiger partial charge < -0.3 is 5.84 Å². The molecule has 2 aromatic rings. The van der Waals surface area contributed by atoms with Gasteiger partial charge in [-0.15, -0.1) is 10.2 Å². The molecule has 2 N–H and O–H groups in total. The zero-order chi connectivity index (χ0) is 11.4. The number of hydrogen-bond donors (Lipinski definition) is 1. The van der Waals surface area contributed by atoms with Crippen LogP contribution in [0.5, 0.6) is 0 Å². The van der Waals surface area contributed by atoms with Gasteiger partial charge in [0, 0.05) is 5.75 Å². The first kappa shape index (κ1) is 11.0. The number of nitrogens with zero attached hydrogens (tertiary/aromatic N) is 3. The molecule has 2 rings (SSSR count). The molecule has 0 aliphatic carbocycles. The minimum Gasteiger partial charge on any atom is -0.336 e. The molecule has 0 atom stereocenters. The van der Waals surface area contributed by atoms with Crippen LogP contribution in [-0.2, 0) is 6.42 Å². The molecule has 1 heterocycles. The van der Waals surface area contributed by atoms with Gasteiger partial charge in [0.2, 0.25) is 5.16 Å². The van der Waals surface area contributed by atoms with Gasteiger partial charge in [-0.05, 0) is 18.9 Å². The third-order valence-corrected chi connectivity index (χ3v) is 3.24. The highest BCUT2D eigenvalue weighted by Crippen LogP contribution is 2.15. The number of nitrogens with two attached hydrogens (primary N) is 1. The van der Waals surface area contributed by atoms with Crippen molar-refractivity contribution in [2.75, 3.05) is 11.6 Å². The third kappa shape index (κ3) is 2.55. The van der Waals surface area contributed by atoms with Gasteiger partial charge in [0.1, 0.15) is 5.82 Å². The SMILES string of the molecule is Cc1nnc(SCCc2ccccc2)n1N. The van der Waals surface area contributed by atoms with E-state index >= 15 is 0 Å². The Hall–Kier alpha value is -1.49. The van der Waals surface area contributed by atoms with Crippen LogP contribution in [-0.4, -0.2) is 20.6 Å². The minimum atomic E-state index is 0.738. The van der Waals surface area contributed by atoms with Crippen molar-refractivity contribution >= 4 is 11.8 Å². The van der Waals surface area contributed by atoms with E-state index in [4.69, 9.17) is 5.84 Å². The predicted octanol–water partition coefficient (Wildman–Crippen LogP) is 1.64. The van der Waals surface area contributed by atoms with Crippen LogP contribution >= 0.6 is 11.8 Å². The lowest BCUT2D eigenvalue weighted by Crippen LogP contribution is -2.11. The van der Waals surface area contributed by atoms with E-state index in [1.54, 1.807) is 11.8 Å². The van der Waals surface area contributed by atoms with Crippen molar-refractivity contribution in [3.8, 4) is 0 Å². The van der Waals surface area contributed by atoms with Gasteiger partial charge in [-0.1, -0.05) is 42.1 Å². The molecule has 0 aliphatic heterocycles. The molecule has 5 heteroatoms. The van der Waals surface area contributed by atoms with E-state index in [-0.39, 0.29) is 0 Å². The summed E-state index contributed by atoms with van der Waals surface area (Å²) in [6.45, 7) is 1.84. The van der Waals surface area contributed by atoms with Crippen LogP contribution in [0.3, 0.4) is 0 Å². The van der Waals surface area contributed by atoms with Crippen LogP contribution in [0.2, 0.25) is 0 Å². The maximum absolute atomic E-state index is 5.75. The number of aromatic nitrogens is 3. The van der Waals surface area contributed by atoms with E-state index in [0.29, 0.717) is 0 Å². The lowest BCUT2D eigenvalue weighted by Gasteiger charge is -2.01. The van der Waals surface area contributed by atoms with Gasteiger partial charge in [-0.2, -0.15) is 0 Å². The minimum absolute atomic E-state index is 0.738. The molecule has 0 unspecified atom stereocenters. The van der Waals surface area contributed by atoms with E-state index in [2.05, 4.69) is 34.5 Å². The van der Waals surface area contributed by atoms with Crippen LogP contribution in [0.4, 0.5) is 0 Å². The second-order valence-corrected chi connectivity index (χ2v) is 4.55. The molecule has 16 heavy (non-hydrogen) atoms. The van der Waals surface area contributed by atoms with Gasteiger partial charge in [-0.25, -0.2) is 4.68 Å². The molecule has 1 aromatic carbocycles. The lowest BCUT2D eigenvalue weighted by atomic mass is 10.2. The molecule has 0 saturated heterocycles. The first-order valence-electron chi connectivity index (χ1n) is 5.11. The number of rotatable bonds is 4. The Morgan fingerprint density at radius 1 is 1.25 bits per heavy atom. The number of nitrogen functional groups attached to an aromatic ring is 1. The fourth-order valence-corrected chi connectivity index (χ4v) is 2.24. The predicted molar refractivity (Wildman–Crippen MR) is 65.8 cm³/mol. The average molecular weight is 234 g/mol. The van der Waals surface area contributed by atoms with Crippen molar-refractivity contribution in [3.05, 3.63) is 41.7 Å². The summed E-state index contributed by atoms with van der Waals surface area (Å²) in [7, 11) is 0. The Morgan fingerprint density at radius 2 is 2.00 bits per heavy atom. The summed E-state index contributed by atoms with van der Waals surface area (Å²) in [6, 6.07) is 10.4. The van der Waals surface area contributed by atoms with Crippen LogP contribution in [0.15, 0.2) is 35.5 Å². The van der Waals surface area contributed by atoms with Gasteiger partial charge in [-0.3, -0.25) is 0 Å². The molecule has 0 spiro atoms. The standard InChI is InChI=1S/C11H14N4S/c1-9-13-14-11(15(9)12)16-8-7-10-5-3-2-4-6-10/h2-6H,7-8,12H2,1H3. The van der Waals surface area contributed by atoms with Gasteiger partial charge in [0.05, 0.1) is 0 Å². The molecule has 1 aromatic heterocycles. The number of aryl methyl sites for hydroxylation is 2. The van der Waals surface area contributed by atoms with E-state index in [1.807, 2.05) is 13.0 Å². The highest BCUT2D eigenvalue weighted by molar-refractivity contribution is 7.99. The highest BCUT2D eigenvalue weighted by atomic mass is 32.2. The maximum Gasteiger partial charge on any atom is 0.209 e. The second-order valence-electron chi connectivity index (χ2n) is 3.48. The van der Waals surface area contributed by atoms with Crippen molar-refractivity contribution in [3.63, 3.8) is 0 Å². The largest absolute Gasteiger partial charge is 0.336 e. The van der Waals surface area contributed by atoms with Crippen molar-refractivity contribution in [2.45, 2.75) is 18.5 Å². The third-order valence-electron chi connectivity index (χ3n) is 2.30. The zero-order valence-corrected chi connectivity index (χ0v) is 9.94. The molecule has 0 fully saturated rings. The van der Waals surface area contributed by atoms with Crippen molar-refractivity contribution in [1.29, 1.82) is 0 Å². The molecular weight excluding hydrogens is 220 g/mol. The van der Waals surface area contributed by atoms with E-state index in [9.17, 15) is 0 Å². The fourth-order valence-electron chi connectivity index (χ4n) is 1.35. The Bertz CT molecular complexity index is 452. The van der Waals surface area contributed by atoms with E-state index < -0.39 is 0 Å².